The lowest BCUT2D eigenvalue weighted by Gasteiger charge is -2.31. The van der Waals surface area contributed by atoms with Crippen molar-refractivity contribution in [1.29, 1.82) is 0 Å². The number of rotatable bonds is 14. The second-order valence-electron chi connectivity index (χ2n) is 5.08. The normalized spacial score (nSPS) is 15.9. The molecule has 0 aromatic heterocycles. The van der Waals surface area contributed by atoms with Crippen molar-refractivity contribution in [2.45, 2.75) is 34.5 Å². The van der Waals surface area contributed by atoms with Crippen LogP contribution in [-0.2, 0) is 28.4 Å². The van der Waals surface area contributed by atoms with Gasteiger partial charge in [0, 0.05) is 55.5 Å². The van der Waals surface area contributed by atoms with Crippen LogP contribution in [0.3, 0.4) is 0 Å². The summed E-state index contributed by atoms with van der Waals surface area (Å²) in [5.74, 6) is 0. The van der Waals surface area contributed by atoms with Crippen LogP contribution in [-0.4, -0.2) is 84.8 Å². The van der Waals surface area contributed by atoms with Crippen LogP contribution in [0.5, 0.6) is 0 Å². The molecule has 11 heteroatoms. The Morgan fingerprint density at radius 1 is 0.696 bits per heavy atom. The van der Waals surface area contributed by atoms with Crippen molar-refractivity contribution in [3.8, 4) is 0 Å². The molecule has 6 nitrogen and oxygen atoms in total. The van der Waals surface area contributed by atoms with E-state index in [1.54, 1.807) is 74.1 Å². The summed E-state index contributed by atoms with van der Waals surface area (Å²) in [6.45, 7) is 0. The highest BCUT2D eigenvalue weighted by atomic mass is 33.5. The molecule has 0 N–H and O–H groups in total. The Hall–Kier alpha value is 1.24. The van der Waals surface area contributed by atoms with E-state index in [1.165, 1.54) is 0 Å². The van der Waals surface area contributed by atoms with Gasteiger partial charge in [0.1, 0.15) is 21.7 Å². The lowest BCUT2D eigenvalue weighted by Crippen LogP contribution is -2.38. The van der Waals surface area contributed by atoms with E-state index in [1.807, 2.05) is 0 Å². The third kappa shape index (κ3) is 9.49. The maximum absolute atomic E-state index is 5.52. The number of methoxy groups -OCH3 is 6. The highest BCUT2D eigenvalue weighted by Gasteiger charge is 2.30. The van der Waals surface area contributed by atoms with Crippen molar-refractivity contribution < 1.29 is 28.4 Å². The zero-order valence-electron chi connectivity index (χ0n) is 15.2. The molecule has 2 atom stereocenters. The third-order valence-electron chi connectivity index (χ3n) is 3.62. The first-order valence-electron chi connectivity index (χ1n) is 7.07. The molecule has 0 amide bonds. The van der Waals surface area contributed by atoms with E-state index in [4.69, 9.17) is 28.4 Å². The van der Waals surface area contributed by atoms with Gasteiger partial charge in [0.15, 0.2) is 0 Å². The number of hydrogen-bond acceptors (Lipinski definition) is 9. The average Bonchev–Trinajstić information content (AvgIpc) is 2.59. The number of hydrogen-bond donors (Lipinski definition) is 0. The van der Waals surface area contributed by atoms with Crippen LogP contribution in [0.25, 0.3) is 0 Å². The molecule has 140 valence electrons. The first kappa shape index (κ1) is 24.2. The van der Waals surface area contributed by atoms with Crippen molar-refractivity contribution in [3.63, 3.8) is 0 Å². The molecule has 2 unspecified atom stereocenters. The van der Waals surface area contributed by atoms with Crippen LogP contribution >= 0.6 is 31.4 Å². The van der Waals surface area contributed by atoms with Gasteiger partial charge in [-0.25, -0.2) is 0 Å². The molecule has 0 aliphatic heterocycles. The number of ether oxygens (including phenoxy) is 6. The van der Waals surface area contributed by atoms with Crippen LogP contribution < -0.4 is 0 Å². The Balaban J connectivity index is 4.36. The summed E-state index contributed by atoms with van der Waals surface area (Å²) in [7, 11) is 16.5. The summed E-state index contributed by atoms with van der Waals surface area (Å²) in [6, 6.07) is 0. The molecule has 0 fully saturated rings. The Bertz CT molecular complexity index is 281. The zero-order chi connectivity index (χ0) is 17.9. The molecule has 0 radical (unpaired) electrons. The molecule has 0 saturated carbocycles. The molecular weight excluding hydrogens is 392 g/mol. The van der Waals surface area contributed by atoms with E-state index in [0.717, 1.165) is 20.5 Å². The summed E-state index contributed by atoms with van der Waals surface area (Å²) in [4.78, 5) is 0. The maximum Gasteiger partial charge on any atom is 0.144 e. The quantitative estimate of drug-likeness (QED) is 0.224. The molecule has 0 aliphatic carbocycles. The van der Waals surface area contributed by atoms with Crippen molar-refractivity contribution in [3.05, 3.63) is 0 Å². The van der Waals surface area contributed by atoms with Gasteiger partial charge >= 0.3 is 0 Å². The molecule has 0 aromatic rings. The fourth-order valence-electron chi connectivity index (χ4n) is 1.53. The van der Waals surface area contributed by atoms with Gasteiger partial charge in [0.25, 0.3) is 0 Å². The topological polar surface area (TPSA) is 55.4 Å². The average molecular weight is 423 g/mol. The molecule has 0 saturated heterocycles. The van der Waals surface area contributed by atoms with Crippen molar-refractivity contribution in [1.82, 2.24) is 0 Å². The van der Waals surface area contributed by atoms with Crippen LogP contribution in [0.4, 0.5) is 0 Å². The summed E-state index contributed by atoms with van der Waals surface area (Å²) < 4.78 is 32.8. The van der Waals surface area contributed by atoms with Gasteiger partial charge in [-0.3, -0.25) is 0 Å². The first-order valence-corrected chi connectivity index (χ1v) is 12.7. The zero-order valence-corrected chi connectivity index (χ0v) is 21.7. The third-order valence-corrected chi connectivity index (χ3v) is 10.5. The van der Waals surface area contributed by atoms with Crippen molar-refractivity contribution in [2.24, 2.45) is 0 Å². The molecular formula is C12H30O6S3Si2. The molecule has 0 spiro atoms. The summed E-state index contributed by atoms with van der Waals surface area (Å²) >= 11 is 0. The van der Waals surface area contributed by atoms with Crippen LogP contribution in [0, 0.1) is 0 Å². The molecule has 23 heavy (non-hydrogen) atoms. The minimum atomic E-state index is -0.518. The lowest BCUT2D eigenvalue weighted by atomic mass is 10.4. The van der Waals surface area contributed by atoms with E-state index in [2.05, 4.69) is 0 Å². The fraction of sp³-hybridized carbons (Fsp3) is 1.00. The Morgan fingerprint density at radius 3 is 1.22 bits per heavy atom. The highest BCUT2D eigenvalue weighted by Crippen LogP contribution is 2.44. The summed E-state index contributed by atoms with van der Waals surface area (Å²) in [5, 5.41) is 0. The van der Waals surface area contributed by atoms with E-state index in [9.17, 15) is 0 Å². The SMILES string of the molecule is COC(CC([SiH3])(OC)OC)SSSC(CC([SiH3])(OC)OC)OC. The van der Waals surface area contributed by atoms with Gasteiger partial charge in [-0.1, -0.05) is 21.6 Å². The van der Waals surface area contributed by atoms with E-state index < -0.39 is 10.8 Å². The lowest BCUT2D eigenvalue weighted by molar-refractivity contribution is -0.155. The maximum atomic E-state index is 5.52. The molecule has 0 aromatic carbocycles. The van der Waals surface area contributed by atoms with Gasteiger partial charge in [0.05, 0.1) is 20.5 Å². The smallest absolute Gasteiger partial charge is 0.144 e. The Labute approximate surface area is 157 Å². The van der Waals surface area contributed by atoms with Crippen LogP contribution in [0.15, 0.2) is 0 Å². The second-order valence-corrected chi connectivity index (χ2v) is 12.5. The van der Waals surface area contributed by atoms with Crippen molar-refractivity contribution in [2.75, 3.05) is 42.7 Å². The largest absolute Gasteiger partial charge is 0.370 e. The first-order chi connectivity index (χ1) is 10.8. The Kier molecular flexibility index (Phi) is 13.3. The van der Waals surface area contributed by atoms with Gasteiger partial charge in [-0.05, 0) is 9.83 Å². The van der Waals surface area contributed by atoms with E-state index in [-0.39, 0.29) is 10.9 Å². The highest BCUT2D eigenvalue weighted by molar-refractivity contribution is 9.09. The Morgan fingerprint density at radius 2 is 1.00 bits per heavy atom. The van der Waals surface area contributed by atoms with Crippen LogP contribution in [0.2, 0.25) is 0 Å². The predicted molar refractivity (Wildman–Crippen MR) is 107 cm³/mol. The van der Waals surface area contributed by atoms with Crippen molar-refractivity contribution >= 4 is 51.9 Å². The van der Waals surface area contributed by atoms with E-state index in [0.29, 0.717) is 12.8 Å². The molecule has 0 aliphatic rings. The molecule has 0 bridgehead atoms. The molecule has 0 rings (SSSR count). The monoisotopic (exact) mass is 422 g/mol. The van der Waals surface area contributed by atoms with Gasteiger partial charge in [-0.2, -0.15) is 0 Å². The van der Waals surface area contributed by atoms with Gasteiger partial charge in [-0.15, -0.1) is 0 Å². The molecule has 0 heterocycles. The standard InChI is InChI=1S/C12H30O6S3Si2/c1-13-9(7-11(22,15-3)16-4)19-21-20-10(14-2)8-12(23,17-5)18-6/h9-10H,7-8H2,1-6,22-23H3. The van der Waals surface area contributed by atoms with E-state index >= 15 is 0 Å². The van der Waals surface area contributed by atoms with Gasteiger partial charge in [0.2, 0.25) is 0 Å². The minimum Gasteiger partial charge on any atom is -0.370 e. The second kappa shape index (κ2) is 12.6. The predicted octanol–water partition coefficient (Wildman–Crippen LogP) is 0.365. The summed E-state index contributed by atoms with van der Waals surface area (Å²) in [6.07, 6.45) is 1.36. The summed E-state index contributed by atoms with van der Waals surface area (Å²) in [5.41, 5.74) is -1.08. The minimum absolute atomic E-state index is 0.0204. The van der Waals surface area contributed by atoms with Gasteiger partial charge < -0.3 is 28.4 Å². The van der Waals surface area contributed by atoms with Crippen LogP contribution in [0.1, 0.15) is 12.8 Å². The fourth-order valence-corrected chi connectivity index (χ4v) is 7.51.